The zero-order chi connectivity index (χ0) is 22.2. The first-order valence-corrected chi connectivity index (χ1v) is 9.26. The number of nitro groups is 1. The molecule has 11 heteroatoms. The van der Waals surface area contributed by atoms with E-state index in [0.717, 1.165) is 33.0 Å². The van der Waals surface area contributed by atoms with Crippen LogP contribution in [-0.4, -0.2) is 30.9 Å². The second-order valence-electron chi connectivity index (χ2n) is 6.41. The number of aryl methyl sites for hydroxylation is 2. The highest BCUT2D eigenvalue weighted by atomic mass is 79.9. The summed E-state index contributed by atoms with van der Waals surface area (Å²) in [4.78, 5) is 40.7. The van der Waals surface area contributed by atoms with Gasteiger partial charge in [-0.05, 0) is 43.2 Å². The number of non-ortho nitro benzene ring substituents is 1. The Morgan fingerprint density at radius 3 is 2.50 bits per heavy atom. The molecule has 3 N–H and O–H groups in total. The van der Waals surface area contributed by atoms with E-state index in [0.29, 0.717) is 11.3 Å². The van der Waals surface area contributed by atoms with E-state index in [1.165, 1.54) is 6.07 Å². The standard InChI is InChI=1S/C19H15BrN4O6/c1-9-6-15(10(2)5-13(9)20)23-18(27)12(17(26)22-19(23)28)8-21-14-4-3-11(24(29)30)7-16(14)25/h3-8,25,27H,1-2H3,(H,22,26,28). The van der Waals surface area contributed by atoms with Gasteiger partial charge in [-0.25, -0.2) is 9.36 Å². The number of aliphatic imine (C=N–C) groups is 1. The van der Waals surface area contributed by atoms with Gasteiger partial charge in [0.1, 0.15) is 17.0 Å². The summed E-state index contributed by atoms with van der Waals surface area (Å²) in [7, 11) is 0. The van der Waals surface area contributed by atoms with Crippen LogP contribution in [0.15, 0.2) is 49.4 Å². The molecule has 154 valence electrons. The molecule has 2 aromatic carbocycles. The van der Waals surface area contributed by atoms with Crippen LogP contribution in [-0.2, 0) is 0 Å². The Hall–Kier alpha value is -3.73. The van der Waals surface area contributed by atoms with Gasteiger partial charge < -0.3 is 10.2 Å². The van der Waals surface area contributed by atoms with Crippen molar-refractivity contribution in [1.82, 2.24) is 9.55 Å². The Kier molecular flexibility index (Phi) is 5.56. The molecule has 0 atom stereocenters. The van der Waals surface area contributed by atoms with Gasteiger partial charge in [0.05, 0.1) is 16.7 Å². The van der Waals surface area contributed by atoms with Crippen LogP contribution in [0.25, 0.3) is 5.69 Å². The summed E-state index contributed by atoms with van der Waals surface area (Å²) in [5, 5.41) is 31.3. The first kappa shape index (κ1) is 21.0. The number of halogens is 1. The Morgan fingerprint density at radius 1 is 1.17 bits per heavy atom. The number of hydrogen-bond acceptors (Lipinski definition) is 7. The lowest BCUT2D eigenvalue weighted by Gasteiger charge is -2.14. The molecule has 0 saturated carbocycles. The zero-order valence-electron chi connectivity index (χ0n) is 15.7. The predicted molar refractivity (Wildman–Crippen MR) is 114 cm³/mol. The summed E-state index contributed by atoms with van der Waals surface area (Å²) < 4.78 is 1.75. The molecule has 0 bridgehead atoms. The fraction of sp³-hybridized carbons (Fsp3) is 0.105. The van der Waals surface area contributed by atoms with Crippen molar-refractivity contribution in [3.05, 3.63) is 82.4 Å². The van der Waals surface area contributed by atoms with Crippen molar-refractivity contribution in [3.63, 3.8) is 0 Å². The van der Waals surface area contributed by atoms with Crippen LogP contribution in [0.3, 0.4) is 0 Å². The molecule has 0 radical (unpaired) electrons. The number of phenols is 1. The van der Waals surface area contributed by atoms with E-state index in [1.54, 1.807) is 26.0 Å². The molecule has 3 rings (SSSR count). The first-order valence-electron chi connectivity index (χ1n) is 8.47. The third-order valence-corrected chi connectivity index (χ3v) is 5.20. The summed E-state index contributed by atoms with van der Waals surface area (Å²) >= 11 is 3.39. The van der Waals surface area contributed by atoms with E-state index in [2.05, 4.69) is 25.9 Å². The molecule has 3 aromatic rings. The van der Waals surface area contributed by atoms with Gasteiger partial charge in [0.2, 0.25) is 5.88 Å². The van der Waals surface area contributed by atoms with E-state index in [-0.39, 0.29) is 16.9 Å². The van der Waals surface area contributed by atoms with Crippen molar-refractivity contribution in [3.8, 4) is 17.3 Å². The zero-order valence-corrected chi connectivity index (χ0v) is 17.3. The van der Waals surface area contributed by atoms with Crippen molar-refractivity contribution in [1.29, 1.82) is 0 Å². The van der Waals surface area contributed by atoms with Gasteiger partial charge >= 0.3 is 5.69 Å². The quantitative estimate of drug-likeness (QED) is 0.300. The van der Waals surface area contributed by atoms with Gasteiger partial charge in [0.25, 0.3) is 11.2 Å². The number of benzene rings is 2. The van der Waals surface area contributed by atoms with Crippen LogP contribution in [0.2, 0.25) is 0 Å². The van der Waals surface area contributed by atoms with Crippen LogP contribution in [0.4, 0.5) is 11.4 Å². The van der Waals surface area contributed by atoms with E-state index in [1.807, 2.05) is 0 Å². The summed E-state index contributed by atoms with van der Waals surface area (Å²) in [6, 6.07) is 6.66. The van der Waals surface area contributed by atoms with E-state index < -0.39 is 27.8 Å². The lowest BCUT2D eigenvalue weighted by Crippen LogP contribution is -2.31. The third-order valence-electron chi connectivity index (χ3n) is 4.34. The van der Waals surface area contributed by atoms with Crippen molar-refractivity contribution < 1.29 is 15.1 Å². The minimum atomic E-state index is -0.884. The molecule has 0 saturated heterocycles. The molecule has 0 aliphatic rings. The number of aromatic nitrogens is 2. The summed E-state index contributed by atoms with van der Waals surface area (Å²) in [6.07, 6.45) is 0.964. The number of rotatable bonds is 4. The largest absolute Gasteiger partial charge is 0.505 e. The Labute approximate surface area is 177 Å². The van der Waals surface area contributed by atoms with Crippen LogP contribution in [0.5, 0.6) is 11.6 Å². The molecule has 10 nitrogen and oxygen atoms in total. The molecular weight excluding hydrogens is 460 g/mol. The number of nitro benzene ring substituents is 1. The summed E-state index contributed by atoms with van der Waals surface area (Å²) in [5.41, 5.74) is -0.612. The van der Waals surface area contributed by atoms with Crippen molar-refractivity contribution in [2.75, 3.05) is 0 Å². The number of nitrogens with one attached hydrogen (secondary N) is 1. The van der Waals surface area contributed by atoms with Gasteiger partial charge in [-0.1, -0.05) is 15.9 Å². The second-order valence-corrected chi connectivity index (χ2v) is 7.26. The summed E-state index contributed by atoms with van der Waals surface area (Å²) in [5.74, 6) is -1.12. The van der Waals surface area contributed by atoms with E-state index in [4.69, 9.17) is 0 Å². The lowest BCUT2D eigenvalue weighted by molar-refractivity contribution is -0.384. The number of nitrogens with zero attached hydrogens (tertiary/aromatic N) is 3. The van der Waals surface area contributed by atoms with Crippen molar-refractivity contribution in [2.45, 2.75) is 13.8 Å². The molecule has 0 spiro atoms. The SMILES string of the molecule is Cc1cc(-n2c(O)c(C=Nc3ccc([N+](=O)[O-])cc3O)c(=O)[nH]c2=O)c(C)cc1Br. The van der Waals surface area contributed by atoms with Crippen LogP contribution < -0.4 is 11.2 Å². The minimum Gasteiger partial charge on any atom is -0.505 e. The number of aromatic amines is 1. The van der Waals surface area contributed by atoms with E-state index >= 15 is 0 Å². The summed E-state index contributed by atoms with van der Waals surface area (Å²) in [6.45, 7) is 3.54. The fourth-order valence-electron chi connectivity index (χ4n) is 2.75. The normalized spacial score (nSPS) is 11.2. The third kappa shape index (κ3) is 3.87. The molecule has 0 aliphatic heterocycles. The maximum atomic E-state index is 12.4. The molecule has 0 unspecified atom stereocenters. The predicted octanol–water partition coefficient (Wildman–Crippen LogP) is 2.98. The van der Waals surface area contributed by atoms with Crippen LogP contribution in [0.1, 0.15) is 16.7 Å². The molecule has 1 aromatic heterocycles. The van der Waals surface area contributed by atoms with Gasteiger partial charge in [-0.3, -0.25) is 24.9 Å². The van der Waals surface area contributed by atoms with Crippen LogP contribution in [0, 0.1) is 24.0 Å². The van der Waals surface area contributed by atoms with Gasteiger partial charge in [-0.2, -0.15) is 0 Å². The number of H-pyrrole nitrogens is 1. The molecular formula is C19H15BrN4O6. The van der Waals surface area contributed by atoms with Gasteiger partial charge in [0.15, 0.2) is 0 Å². The van der Waals surface area contributed by atoms with Gasteiger partial charge in [0, 0.05) is 16.8 Å². The average Bonchev–Trinajstić information content (AvgIpc) is 2.66. The maximum absolute atomic E-state index is 12.4. The van der Waals surface area contributed by atoms with Crippen molar-refractivity contribution in [2.24, 2.45) is 4.99 Å². The Bertz CT molecular complexity index is 1330. The maximum Gasteiger partial charge on any atom is 0.335 e. The fourth-order valence-corrected chi connectivity index (χ4v) is 3.21. The minimum absolute atomic E-state index is 0.0622. The Morgan fingerprint density at radius 2 is 1.87 bits per heavy atom. The second kappa shape index (κ2) is 7.95. The first-order chi connectivity index (χ1) is 14.1. The smallest absolute Gasteiger partial charge is 0.335 e. The molecule has 0 fully saturated rings. The lowest BCUT2D eigenvalue weighted by atomic mass is 10.1. The Balaban J connectivity index is 2.14. The topological polar surface area (TPSA) is 151 Å². The molecule has 0 amide bonds. The molecule has 0 aliphatic carbocycles. The number of aromatic hydroxyl groups is 2. The monoisotopic (exact) mass is 474 g/mol. The number of hydrogen-bond donors (Lipinski definition) is 3. The molecule has 1 heterocycles. The van der Waals surface area contributed by atoms with E-state index in [9.17, 15) is 29.9 Å². The highest BCUT2D eigenvalue weighted by Gasteiger charge is 2.17. The molecule has 30 heavy (non-hydrogen) atoms. The van der Waals surface area contributed by atoms with Gasteiger partial charge in [-0.15, -0.1) is 0 Å². The highest BCUT2D eigenvalue weighted by molar-refractivity contribution is 9.10. The van der Waals surface area contributed by atoms with Crippen molar-refractivity contribution >= 4 is 33.5 Å². The average molecular weight is 475 g/mol. The number of phenolic OH excluding ortho intramolecular Hbond substituents is 1. The van der Waals surface area contributed by atoms with Crippen LogP contribution >= 0.6 is 15.9 Å². The highest BCUT2D eigenvalue weighted by Crippen LogP contribution is 2.30.